The Labute approximate surface area is 247 Å². The second kappa shape index (κ2) is 13.8. The number of nitrogens with one attached hydrogen (secondary N) is 1. The van der Waals surface area contributed by atoms with Crippen LogP contribution in [0.4, 0.5) is 5.69 Å². The van der Waals surface area contributed by atoms with Crippen molar-refractivity contribution in [3.8, 4) is 17.2 Å². The highest BCUT2D eigenvalue weighted by Crippen LogP contribution is 2.32. The largest absolute Gasteiger partial charge is 0.337 e. The first-order chi connectivity index (χ1) is 18.5. The molecule has 8 heteroatoms. The lowest BCUT2D eigenvalue weighted by Gasteiger charge is -2.23. The molecule has 0 atom stereocenters. The third-order valence-electron chi connectivity index (χ3n) is 6.67. The Bertz CT molecular complexity index is 1630. The first-order valence-corrected chi connectivity index (χ1v) is 12.6. The summed E-state index contributed by atoms with van der Waals surface area (Å²) in [7, 11) is 2.00. The number of aryl methyl sites for hydroxylation is 1. The average Bonchev–Trinajstić information content (AvgIpc) is 3.33. The van der Waals surface area contributed by atoms with Gasteiger partial charge < -0.3 is 9.88 Å². The first-order valence-electron chi connectivity index (χ1n) is 12.6. The summed E-state index contributed by atoms with van der Waals surface area (Å²) in [6.07, 6.45) is 3.71. The van der Waals surface area contributed by atoms with Crippen molar-refractivity contribution in [2.24, 2.45) is 7.05 Å². The molecule has 0 aliphatic rings. The fraction of sp³-hybridized carbons (Fsp3) is 0.156. The summed E-state index contributed by atoms with van der Waals surface area (Å²) >= 11 is 0. The standard InChI is InChI=1S/C32H29N5O.2ClH/c1-23(38)35-28-14-11-24(12-15-28)19-37(21-29-18-34-22-36(29)2)20-25-10-13-27(17-33)32(16-25)31-9-5-7-26-6-3-4-8-30(26)31;;/h3-16,18,22H,19-21H2,1-2H3,(H,35,38);2*1H. The number of anilines is 1. The number of nitriles is 1. The van der Waals surface area contributed by atoms with Gasteiger partial charge in [-0.1, -0.05) is 60.7 Å². The van der Waals surface area contributed by atoms with Gasteiger partial charge in [0, 0.05) is 51.1 Å². The molecule has 0 aliphatic heterocycles. The minimum Gasteiger partial charge on any atom is -0.337 e. The topological polar surface area (TPSA) is 74.0 Å². The summed E-state index contributed by atoms with van der Waals surface area (Å²) in [6, 6.07) is 31.0. The summed E-state index contributed by atoms with van der Waals surface area (Å²) in [5.41, 5.74) is 6.84. The predicted molar refractivity (Wildman–Crippen MR) is 165 cm³/mol. The van der Waals surface area contributed by atoms with Gasteiger partial charge in [0.1, 0.15) is 0 Å². The molecule has 1 aromatic heterocycles. The Hall–Kier alpha value is -4.15. The zero-order valence-corrected chi connectivity index (χ0v) is 24.0. The smallest absolute Gasteiger partial charge is 0.221 e. The molecule has 6 nitrogen and oxygen atoms in total. The molecule has 0 saturated carbocycles. The number of rotatable bonds is 8. The van der Waals surface area contributed by atoms with Crippen molar-refractivity contribution in [1.82, 2.24) is 14.5 Å². The van der Waals surface area contributed by atoms with Crippen molar-refractivity contribution < 1.29 is 4.79 Å². The van der Waals surface area contributed by atoms with Crippen LogP contribution in [0.3, 0.4) is 0 Å². The Morgan fingerprint density at radius 3 is 2.30 bits per heavy atom. The van der Waals surface area contributed by atoms with Crippen molar-refractivity contribution in [1.29, 1.82) is 5.26 Å². The Balaban J connectivity index is 0.00000220. The number of carbonyl (C=O) groups excluding carboxylic acids is 1. The molecule has 1 amide bonds. The molecule has 204 valence electrons. The molecule has 1 N–H and O–H groups in total. The first kappa shape index (κ1) is 30.4. The van der Waals surface area contributed by atoms with Crippen LogP contribution in [0, 0.1) is 11.3 Å². The number of nitrogens with zero attached hydrogens (tertiary/aromatic N) is 4. The normalized spacial score (nSPS) is 10.4. The minimum atomic E-state index is -0.0848. The average molecular weight is 573 g/mol. The van der Waals surface area contributed by atoms with Gasteiger partial charge in [-0.2, -0.15) is 5.26 Å². The van der Waals surface area contributed by atoms with Crippen LogP contribution in [0.25, 0.3) is 21.9 Å². The van der Waals surface area contributed by atoms with Crippen LogP contribution >= 0.6 is 24.8 Å². The number of fused-ring (bicyclic) bond motifs is 1. The maximum Gasteiger partial charge on any atom is 0.221 e. The number of halogens is 2. The van der Waals surface area contributed by atoms with E-state index in [4.69, 9.17) is 0 Å². The van der Waals surface area contributed by atoms with Gasteiger partial charge in [-0.25, -0.2) is 4.98 Å². The SMILES string of the molecule is CC(=O)Nc1ccc(CN(Cc2ccc(C#N)c(-c3cccc4ccccc34)c2)Cc2cncn2C)cc1.Cl.Cl. The van der Waals surface area contributed by atoms with Crippen molar-refractivity contribution in [2.45, 2.75) is 26.6 Å². The zero-order chi connectivity index (χ0) is 26.5. The Kier molecular flexibility index (Phi) is 10.5. The van der Waals surface area contributed by atoms with E-state index < -0.39 is 0 Å². The van der Waals surface area contributed by atoms with E-state index in [2.05, 4.69) is 51.6 Å². The van der Waals surface area contributed by atoms with E-state index in [-0.39, 0.29) is 30.7 Å². The third kappa shape index (κ3) is 7.08. The van der Waals surface area contributed by atoms with Gasteiger partial charge in [0.15, 0.2) is 0 Å². The molecule has 0 bridgehead atoms. The van der Waals surface area contributed by atoms with Crippen molar-refractivity contribution in [3.05, 3.63) is 120 Å². The molecule has 4 aromatic carbocycles. The summed E-state index contributed by atoms with van der Waals surface area (Å²) < 4.78 is 2.03. The fourth-order valence-corrected chi connectivity index (χ4v) is 4.82. The number of amides is 1. The van der Waals surface area contributed by atoms with E-state index in [1.54, 1.807) is 0 Å². The van der Waals surface area contributed by atoms with Crippen LogP contribution in [0.2, 0.25) is 0 Å². The van der Waals surface area contributed by atoms with E-state index in [1.807, 2.05) is 78.7 Å². The van der Waals surface area contributed by atoms with E-state index >= 15 is 0 Å². The summed E-state index contributed by atoms with van der Waals surface area (Å²) in [6.45, 7) is 3.64. The zero-order valence-electron chi connectivity index (χ0n) is 22.4. The lowest BCUT2D eigenvalue weighted by molar-refractivity contribution is -0.114. The summed E-state index contributed by atoms with van der Waals surface area (Å²) in [5, 5.41) is 15.0. The van der Waals surface area contributed by atoms with Gasteiger partial charge in [0.25, 0.3) is 0 Å². The molecule has 0 aliphatic carbocycles. The lowest BCUT2D eigenvalue weighted by Crippen LogP contribution is -2.23. The second-order valence-electron chi connectivity index (χ2n) is 9.54. The number of hydrogen-bond acceptors (Lipinski definition) is 4. The van der Waals surface area contributed by atoms with E-state index in [1.165, 1.54) is 6.92 Å². The molecule has 5 aromatic rings. The van der Waals surface area contributed by atoms with Crippen molar-refractivity contribution in [2.75, 3.05) is 5.32 Å². The second-order valence-corrected chi connectivity index (χ2v) is 9.54. The number of aromatic nitrogens is 2. The van der Waals surface area contributed by atoms with Crippen LogP contribution in [0.1, 0.15) is 29.3 Å². The number of benzene rings is 4. The molecule has 0 unspecified atom stereocenters. The maximum atomic E-state index is 11.4. The van der Waals surface area contributed by atoms with Gasteiger partial charge in [-0.15, -0.1) is 24.8 Å². The van der Waals surface area contributed by atoms with Crippen LogP contribution in [0.5, 0.6) is 0 Å². The summed E-state index contributed by atoms with van der Waals surface area (Å²) in [4.78, 5) is 18.0. The Morgan fingerprint density at radius 1 is 0.900 bits per heavy atom. The van der Waals surface area contributed by atoms with Crippen LogP contribution in [-0.2, 0) is 31.5 Å². The van der Waals surface area contributed by atoms with Gasteiger partial charge in [-0.05, 0) is 51.7 Å². The van der Waals surface area contributed by atoms with Crippen LogP contribution in [0.15, 0.2) is 97.5 Å². The molecule has 0 saturated heterocycles. The van der Waals surface area contributed by atoms with Gasteiger partial charge in [-0.3, -0.25) is 9.69 Å². The van der Waals surface area contributed by atoms with Gasteiger partial charge in [0.05, 0.1) is 23.7 Å². The highest BCUT2D eigenvalue weighted by atomic mass is 35.5. The lowest BCUT2D eigenvalue weighted by atomic mass is 9.93. The molecular weight excluding hydrogens is 541 g/mol. The van der Waals surface area contributed by atoms with Crippen LogP contribution < -0.4 is 5.32 Å². The third-order valence-corrected chi connectivity index (χ3v) is 6.67. The van der Waals surface area contributed by atoms with Crippen molar-refractivity contribution in [3.63, 3.8) is 0 Å². The Morgan fingerprint density at radius 2 is 1.60 bits per heavy atom. The van der Waals surface area contributed by atoms with Gasteiger partial charge in [0.2, 0.25) is 5.91 Å². The highest BCUT2D eigenvalue weighted by Gasteiger charge is 2.14. The molecule has 1 heterocycles. The molecular formula is C32H31Cl2N5O. The molecule has 0 radical (unpaired) electrons. The number of carbonyl (C=O) groups is 1. The molecule has 0 spiro atoms. The number of imidazole rings is 1. The van der Waals surface area contributed by atoms with Crippen molar-refractivity contribution >= 4 is 47.2 Å². The van der Waals surface area contributed by atoms with Gasteiger partial charge >= 0.3 is 0 Å². The summed E-state index contributed by atoms with van der Waals surface area (Å²) in [5.74, 6) is -0.0848. The van der Waals surface area contributed by atoms with E-state index in [0.717, 1.165) is 51.0 Å². The minimum absolute atomic E-state index is 0. The molecule has 0 fully saturated rings. The maximum absolute atomic E-state index is 11.4. The predicted octanol–water partition coefficient (Wildman–Crippen LogP) is 7.12. The van der Waals surface area contributed by atoms with E-state index in [0.29, 0.717) is 18.7 Å². The monoisotopic (exact) mass is 571 g/mol. The van der Waals surface area contributed by atoms with Crippen LogP contribution in [-0.4, -0.2) is 20.4 Å². The highest BCUT2D eigenvalue weighted by molar-refractivity contribution is 5.97. The van der Waals surface area contributed by atoms with E-state index in [9.17, 15) is 10.1 Å². The molecule has 40 heavy (non-hydrogen) atoms. The quantitative estimate of drug-likeness (QED) is 0.215. The fourth-order valence-electron chi connectivity index (χ4n) is 4.82. The molecule has 5 rings (SSSR count). The number of hydrogen-bond donors (Lipinski definition) is 1.